The van der Waals surface area contributed by atoms with E-state index in [4.69, 9.17) is 4.42 Å². The van der Waals surface area contributed by atoms with Gasteiger partial charge >= 0.3 is 0 Å². The van der Waals surface area contributed by atoms with Crippen LogP contribution in [0.5, 0.6) is 5.75 Å². The molecule has 160 valence electrons. The zero-order valence-corrected chi connectivity index (χ0v) is 18.6. The van der Waals surface area contributed by atoms with Gasteiger partial charge in [-0.15, -0.1) is 0 Å². The molecule has 3 N–H and O–H groups in total. The molecule has 8 nitrogen and oxygen atoms in total. The largest absolute Gasteiger partial charge is 0.505 e. The molecular weight excluding hydrogens is 402 g/mol. The molecule has 1 aromatic carbocycles. The van der Waals surface area contributed by atoms with Crippen molar-refractivity contribution in [2.45, 2.75) is 39.7 Å². The molecule has 0 fully saturated rings. The van der Waals surface area contributed by atoms with E-state index in [1.807, 2.05) is 32.0 Å². The van der Waals surface area contributed by atoms with Crippen molar-refractivity contribution < 1.29 is 14.3 Å². The first kappa shape index (κ1) is 21.6. The normalized spacial score (nSPS) is 11.9. The zero-order valence-electron chi connectivity index (χ0n) is 17.8. The highest BCUT2D eigenvalue weighted by Crippen LogP contribution is 2.36. The molecule has 3 aromatic rings. The number of aromatic hydroxyl groups is 1. The Morgan fingerprint density at radius 2 is 1.93 bits per heavy atom. The maximum absolute atomic E-state index is 12.6. The van der Waals surface area contributed by atoms with E-state index in [0.717, 1.165) is 35.2 Å². The minimum absolute atomic E-state index is 0.0647. The van der Waals surface area contributed by atoms with Crippen LogP contribution in [0.25, 0.3) is 0 Å². The first-order valence-corrected chi connectivity index (χ1v) is 10.6. The van der Waals surface area contributed by atoms with Crippen molar-refractivity contribution in [3.05, 3.63) is 46.9 Å². The van der Waals surface area contributed by atoms with Crippen LogP contribution in [-0.2, 0) is 6.42 Å². The van der Waals surface area contributed by atoms with Gasteiger partial charge in [-0.1, -0.05) is 19.9 Å². The quantitative estimate of drug-likeness (QED) is 0.445. The third-order valence-corrected chi connectivity index (χ3v) is 5.36. The van der Waals surface area contributed by atoms with Gasteiger partial charge in [-0.3, -0.25) is 4.79 Å². The van der Waals surface area contributed by atoms with Gasteiger partial charge in [-0.25, -0.2) is 0 Å². The fourth-order valence-corrected chi connectivity index (χ4v) is 3.64. The molecule has 0 saturated heterocycles. The maximum Gasteiger partial charge on any atom is 0.257 e. The van der Waals surface area contributed by atoms with Gasteiger partial charge in [0.1, 0.15) is 11.5 Å². The molecule has 30 heavy (non-hydrogen) atoms. The molecule has 0 bridgehead atoms. The summed E-state index contributed by atoms with van der Waals surface area (Å²) in [5.74, 6) is 2.36. The monoisotopic (exact) mass is 429 g/mol. The third kappa shape index (κ3) is 4.40. The molecule has 3 rings (SSSR count). The van der Waals surface area contributed by atoms with Crippen molar-refractivity contribution >= 4 is 35.0 Å². The highest BCUT2D eigenvalue weighted by Gasteiger charge is 2.22. The summed E-state index contributed by atoms with van der Waals surface area (Å²) < 4.78 is 14.4. The SMILES string of the molecule is CCc1ccc(Nc2nsnc2N[C@H](CC)c2ccc(C)o2)c(O)c1C(=O)N(C)C. The number of hydrogen-bond donors (Lipinski definition) is 3. The number of carbonyl (C=O) groups excluding carboxylic acids is 1. The van der Waals surface area contributed by atoms with Gasteiger partial charge in [0.15, 0.2) is 17.4 Å². The summed E-state index contributed by atoms with van der Waals surface area (Å²) in [4.78, 5) is 14.1. The van der Waals surface area contributed by atoms with Gasteiger partial charge in [0.05, 0.1) is 29.0 Å². The number of phenols is 1. The summed E-state index contributed by atoms with van der Waals surface area (Å²) in [5, 5.41) is 17.3. The molecule has 0 aliphatic rings. The van der Waals surface area contributed by atoms with Crippen LogP contribution < -0.4 is 10.6 Å². The summed E-state index contributed by atoms with van der Waals surface area (Å²) in [6, 6.07) is 7.39. The number of phenolic OH excluding ortho intramolecular Hbond substituents is 1. The standard InChI is InChI=1S/C21H27N5O3S/c1-6-13-9-10-15(18(27)17(13)21(28)26(4)5)23-20-19(24-30-25-20)22-14(7-2)16-11-8-12(3)29-16/h8-11,14,27H,6-7H2,1-5H3,(H,22,24)(H,23,25)/t14-/m1/s1. The smallest absolute Gasteiger partial charge is 0.257 e. The van der Waals surface area contributed by atoms with Crippen LogP contribution in [0.3, 0.4) is 0 Å². The zero-order chi connectivity index (χ0) is 21.8. The van der Waals surface area contributed by atoms with Crippen LogP contribution in [0, 0.1) is 6.92 Å². The Balaban J connectivity index is 1.89. The van der Waals surface area contributed by atoms with E-state index in [1.54, 1.807) is 20.2 Å². The van der Waals surface area contributed by atoms with E-state index >= 15 is 0 Å². The molecule has 0 aliphatic carbocycles. The van der Waals surface area contributed by atoms with Crippen LogP contribution in [-0.4, -0.2) is 38.8 Å². The summed E-state index contributed by atoms with van der Waals surface area (Å²) in [5.41, 5.74) is 1.48. The second-order valence-corrected chi connectivity index (χ2v) is 7.72. The van der Waals surface area contributed by atoms with E-state index in [1.165, 1.54) is 4.90 Å². The second-order valence-electron chi connectivity index (χ2n) is 7.19. The van der Waals surface area contributed by atoms with Gasteiger partial charge in [-0.05, 0) is 43.5 Å². The number of furan rings is 1. The number of rotatable bonds is 8. The van der Waals surface area contributed by atoms with Crippen LogP contribution in [0.1, 0.15) is 53.8 Å². The molecule has 0 aliphatic heterocycles. The van der Waals surface area contributed by atoms with E-state index in [2.05, 4.69) is 26.3 Å². The Morgan fingerprint density at radius 3 is 2.53 bits per heavy atom. The van der Waals surface area contributed by atoms with Gasteiger partial charge in [0, 0.05) is 14.1 Å². The Kier molecular flexibility index (Phi) is 6.61. The average Bonchev–Trinajstić information content (AvgIpc) is 3.35. The van der Waals surface area contributed by atoms with E-state index in [9.17, 15) is 9.90 Å². The van der Waals surface area contributed by atoms with Crippen LogP contribution in [0.2, 0.25) is 0 Å². The lowest BCUT2D eigenvalue weighted by molar-refractivity contribution is 0.0823. The molecule has 1 amide bonds. The number of nitrogens with one attached hydrogen (secondary N) is 2. The molecule has 0 spiro atoms. The van der Waals surface area contributed by atoms with Crippen molar-refractivity contribution in [2.24, 2.45) is 0 Å². The number of anilines is 3. The van der Waals surface area contributed by atoms with Crippen molar-refractivity contribution in [3.8, 4) is 5.75 Å². The molecular formula is C21H27N5O3S. The topological polar surface area (TPSA) is 104 Å². The van der Waals surface area contributed by atoms with E-state index < -0.39 is 0 Å². The van der Waals surface area contributed by atoms with Gasteiger partial charge in [0.25, 0.3) is 5.91 Å². The fourth-order valence-electron chi connectivity index (χ4n) is 3.16. The minimum Gasteiger partial charge on any atom is -0.505 e. The molecule has 1 atom stereocenters. The highest BCUT2D eigenvalue weighted by molar-refractivity contribution is 6.99. The summed E-state index contributed by atoms with van der Waals surface area (Å²) >= 11 is 1.05. The molecule has 9 heteroatoms. The molecule has 0 radical (unpaired) electrons. The lowest BCUT2D eigenvalue weighted by atomic mass is 10.0. The van der Waals surface area contributed by atoms with Crippen molar-refractivity contribution in [3.63, 3.8) is 0 Å². The second kappa shape index (κ2) is 9.17. The molecule has 2 heterocycles. The third-order valence-electron chi connectivity index (χ3n) is 4.83. The number of carbonyl (C=O) groups is 1. The fraction of sp³-hybridized carbons (Fsp3) is 0.381. The minimum atomic E-state index is -0.248. The Labute approximate surface area is 180 Å². The average molecular weight is 430 g/mol. The Bertz CT molecular complexity index is 1030. The molecule has 0 saturated carbocycles. The molecule has 2 aromatic heterocycles. The van der Waals surface area contributed by atoms with E-state index in [0.29, 0.717) is 29.3 Å². The Morgan fingerprint density at radius 1 is 1.20 bits per heavy atom. The maximum atomic E-state index is 12.6. The van der Waals surface area contributed by atoms with E-state index in [-0.39, 0.29) is 17.7 Å². The summed E-state index contributed by atoms with van der Waals surface area (Å²) in [6.45, 7) is 5.90. The highest BCUT2D eigenvalue weighted by atomic mass is 32.1. The summed E-state index contributed by atoms with van der Waals surface area (Å²) in [6.07, 6.45) is 1.43. The number of hydrogen-bond acceptors (Lipinski definition) is 8. The van der Waals surface area contributed by atoms with Crippen LogP contribution in [0.15, 0.2) is 28.7 Å². The van der Waals surface area contributed by atoms with Crippen molar-refractivity contribution in [1.82, 2.24) is 13.6 Å². The number of aromatic nitrogens is 2. The van der Waals surface area contributed by atoms with Gasteiger partial charge < -0.3 is 25.1 Å². The van der Waals surface area contributed by atoms with Crippen molar-refractivity contribution in [1.29, 1.82) is 0 Å². The van der Waals surface area contributed by atoms with Gasteiger partial charge in [-0.2, -0.15) is 8.75 Å². The van der Waals surface area contributed by atoms with Gasteiger partial charge in [0.2, 0.25) is 0 Å². The lowest BCUT2D eigenvalue weighted by Gasteiger charge is -2.18. The number of benzene rings is 1. The van der Waals surface area contributed by atoms with Crippen LogP contribution in [0.4, 0.5) is 17.3 Å². The first-order chi connectivity index (χ1) is 14.3. The first-order valence-electron chi connectivity index (χ1n) is 9.84. The van der Waals surface area contributed by atoms with Crippen LogP contribution >= 0.6 is 11.7 Å². The molecule has 0 unspecified atom stereocenters. The Hall–Kier alpha value is -3.07. The number of amides is 1. The predicted octanol–water partition coefficient (Wildman–Crippen LogP) is 4.72. The summed E-state index contributed by atoms with van der Waals surface area (Å²) in [7, 11) is 3.32. The lowest BCUT2D eigenvalue weighted by Crippen LogP contribution is -2.23. The van der Waals surface area contributed by atoms with Crippen molar-refractivity contribution in [2.75, 3.05) is 24.7 Å². The number of aryl methyl sites for hydroxylation is 2. The number of nitrogens with zero attached hydrogens (tertiary/aromatic N) is 3. The predicted molar refractivity (Wildman–Crippen MR) is 119 cm³/mol.